The number of benzene rings is 1. The number of amides is 2. The van der Waals surface area contributed by atoms with Crippen LogP contribution in [0.15, 0.2) is 40.9 Å². The lowest BCUT2D eigenvalue weighted by molar-refractivity contribution is -0.389. The normalized spacial score (nSPS) is 21.8. The van der Waals surface area contributed by atoms with E-state index in [4.69, 9.17) is 4.42 Å². The monoisotopic (exact) mass is 476 g/mol. The summed E-state index contributed by atoms with van der Waals surface area (Å²) >= 11 is 0. The van der Waals surface area contributed by atoms with E-state index in [1.807, 2.05) is 18.2 Å². The van der Waals surface area contributed by atoms with Gasteiger partial charge in [-0.2, -0.15) is 0 Å². The Morgan fingerprint density at radius 3 is 2.54 bits per heavy atom. The van der Waals surface area contributed by atoms with Gasteiger partial charge in [-0.3, -0.25) is 14.9 Å². The highest BCUT2D eigenvalue weighted by atomic mass is 16.6. The SMILES string of the molecule is O=C1CC[C@H](c2nc3ccc(N4CC5(CCN(c6ccc([N+](=O)[O-])nc6)CC5)C4)cc3o2)C(=O)N1. The van der Waals surface area contributed by atoms with Crippen molar-refractivity contribution in [2.24, 2.45) is 5.41 Å². The Hall–Kier alpha value is -4.02. The second kappa shape index (κ2) is 8.03. The minimum Gasteiger partial charge on any atom is -0.440 e. The van der Waals surface area contributed by atoms with E-state index in [2.05, 4.69) is 25.1 Å². The number of anilines is 2. The van der Waals surface area contributed by atoms with E-state index in [0.29, 0.717) is 23.4 Å². The second-order valence-electron chi connectivity index (χ2n) is 9.68. The maximum absolute atomic E-state index is 12.2. The Balaban J connectivity index is 1.09. The van der Waals surface area contributed by atoms with Crippen molar-refractivity contribution in [1.82, 2.24) is 15.3 Å². The molecule has 2 aromatic heterocycles. The van der Waals surface area contributed by atoms with Gasteiger partial charge in [-0.1, -0.05) is 0 Å². The Morgan fingerprint density at radius 1 is 1.09 bits per heavy atom. The maximum Gasteiger partial charge on any atom is 0.363 e. The Morgan fingerprint density at radius 2 is 1.86 bits per heavy atom. The highest BCUT2D eigenvalue weighted by Crippen LogP contribution is 2.44. The first-order chi connectivity index (χ1) is 16.9. The summed E-state index contributed by atoms with van der Waals surface area (Å²) in [4.78, 5) is 46.9. The molecule has 1 N–H and O–H groups in total. The van der Waals surface area contributed by atoms with Crippen LogP contribution in [0, 0.1) is 15.5 Å². The number of piperidine rings is 2. The first-order valence-corrected chi connectivity index (χ1v) is 11.7. The molecule has 3 aliphatic heterocycles. The summed E-state index contributed by atoms with van der Waals surface area (Å²) in [5, 5.41) is 13.2. The van der Waals surface area contributed by atoms with Crippen LogP contribution in [0.3, 0.4) is 0 Å². The van der Waals surface area contributed by atoms with E-state index < -0.39 is 10.8 Å². The van der Waals surface area contributed by atoms with Gasteiger partial charge in [-0.15, -0.1) is 0 Å². The molecule has 0 bridgehead atoms. The highest BCUT2D eigenvalue weighted by Gasteiger charge is 2.45. The van der Waals surface area contributed by atoms with Gasteiger partial charge in [-0.05, 0) is 47.4 Å². The van der Waals surface area contributed by atoms with Crippen LogP contribution in [0.2, 0.25) is 0 Å². The van der Waals surface area contributed by atoms with Crippen molar-refractivity contribution in [3.05, 3.63) is 52.5 Å². The number of aromatic nitrogens is 2. The van der Waals surface area contributed by atoms with Crippen LogP contribution in [0.5, 0.6) is 0 Å². The summed E-state index contributed by atoms with van der Waals surface area (Å²) in [6.07, 6.45) is 4.37. The van der Waals surface area contributed by atoms with Crippen molar-refractivity contribution in [3.63, 3.8) is 0 Å². The van der Waals surface area contributed by atoms with Gasteiger partial charge in [0.2, 0.25) is 17.7 Å². The predicted molar refractivity (Wildman–Crippen MR) is 126 cm³/mol. The zero-order chi connectivity index (χ0) is 24.2. The summed E-state index contributed by atoms with van der Waals surface area (Å²) in [6, 6.07) is 9.15. The van der Waals surface area contributed by atoms with E-state index in [1.165, 1.54) is 6.07 Å². The molecule has 6 rings (SSSR count). The van der Waals surface area contributed by atoms with Crippen molar-refractivity contribution in [1.29, 1.82) is 0 Å². The smallest absolute Gasteiger partial charge is 0.363 e. The molecule has 3 aliphatic rings. The Kier molecular flexibility index (Phi) is 4.94. The summed E-state index contributed by atoms with van der Waals surface area (Å²) in [6.45, 7) is 3.70. The average molecular weight is 476 g/mol. The van der Waals surface area contributed by atoms with E-state index >= 15 is 0 Å². The third-order valence-electron chi connectivity index (χ3n) is 7.45. The average Bonchev–Trinajstić information content (AvgIpc) is 3.25. The molecule has 11 heteroatoms. The molecule has 3 fully saturated rings. The topological polar surface area (TPSA) is 135 Å². The number of nitrogens with one attached hydrogen (secondary N) is 1. The van der Waals surface area contributed by atoms with Crippen LogP contribution in [0.25, 0.3) is 11.1 Å². The van der Waals surface area contributed by atoms with Gasteiger partial charge < -0.3 is 24.3 Å². The van der Waals surface area contributed by atoms with Crippen LogP contribution >= 0.6 is 0 Å². The number of fused-ring (bicyclic) bond motifs is 1. The van der Waals surface area contributed by atoms with Crippen LogP contribution in [-0.4, -0.2) is 52.9 Å². The molecule has 3 aromatic rings. The number of hydrogen-bond donors (Lipinski definition) is 1. The molecular formula is C24H24N6O5. The predicted octanol–water partition coefficient (Wildman–Crippen LogP) is 2.76. The summed E-state index contributed by atoms with van der Waals surface area (Å²) < 4.78 is 5.93. The van der Waals surface area contributed by atoms with E-state index in [1.54, 1.807) is 12.3 Å². The molecule has 3 saturated heterocycles. The largest absolute Gasteiger partial charge is 0.440 e. The zero-order valence-corrected chi connectivity index (χ0v) is 19.0. The summed E-state index contributed by atoms with van der Waals surface area (Å²) in [7, 11) is 0. The third kappa shape index (κ3) is 3.86. The zero-order valence-electron chi connectivity index (χ0n) is 19.0. The van der Waals surface area contributed by atoms with E-state index in [-0.39, 0.29) is 29.5 Å². The number of nitrogens with zero attached hydrogens (tertiary/aromatic N) is 5. The van der Waals surface area contributed by atoms with Crippen LogP contribution in [0.4, 0.5) is 17.2 Å². The second-order valence-corrected chi connectivity index (χ2v) is 9.68. The number of hydrogen-bond acceptors (Lipinski definition) is 9. The summed E-state index contributed by atoms with van der Waals surface area (Å²) in [5.74, 6) is -0.924. The van der Waals surface area contributed by atoms with Gasteiger partial charge in [-0.25, -0.2) is 4.98 Å². The molecule has 0 saturated carbocycles. The van der Waals surface area contributed by atoms with Gasteiger partial charge in [0.15, 0.2) is 11.8 Å². The van der Waals surface area contributed by atoms with Gasteiger partial charge >= 0.3 is 5.82 Å². The fourth-order valence-corrected chi connectivity index (χ4v) is 5.38. The number of carbonyl (C=O) groups excluding carboxylic acids is 2. The fraction of sp³-hybridized carbons (Fsp3) is 0.417. The number of nitro groups is 1. The van der Waals surface area contributed by atoms with Gasteiger partial charge in [0.05, 0.1) is 5.69 Å². The fourth-order valence-electron chi connectivity index (χ4n) is 5.38. The molecule has 0 radical (unpaired) electrons. The number of rotatable bonds is 4. The number of oxazole rings is 1. The third-order valence-corrected chi connectivity index (χ3v) is 7.45. The summed E-state index contributed by atoms with van der Waals surface area (Å²) in [5.41, 5.74) is 3.59. The lowest BCUT2D eigenvalue weighted by Gasteiger charge is -2.55. The van der Waals surface area contributed by atoms with E-state index in [0.717, 1.165) is 50.4 Å². The number of pyridine rings is 1. The van der Waals surface area contributed by atoms with Crippen LogP contribution in [-0.2, 0) is 9.59 Å². The Labute approximate surface area is 200 Å². The van der Waals surface area contributed by atoms with Crippen molar-refractivity contribution in [3.8, 4) is 0 Å². The molecular weight excluding hydrogens is 452 g/mol. The molecule has 0 aliphatic carbocycles. The standard InChI is InChI=1S/C24H24N6O5/c31-21-6-3-17(22(32)27-21)23-26-18-4-1-15(11-19(18)35-23)29-13-24(14-29)7-9-28(10-8-24)16-2-5-20(25-12-16)30(33)34/h1-2,4-5,11-12,17H,3,6-10,13-14H2,(H,27,31,32)/t17-/m0/s1. The van der Waals surface area contributed by atoms with Gasteiger partial charge in [0, 0.05) is 55.8 Å². The molecule has 1 spiro atoms. The first kappa shape index (κ1) is 21.5. The lowest BCUT2D eigenvalue weighted by Crippen LogP contribution is -2.60. The van der Waals surface area contributed by atoms with E-state index in [9.17, 15) is 19.7 Å². The Bertz CT molecular complexity index is 1320. The van der Waals surface area contributed by atoms with Crippen molar-refractivity contribution >= 4 is 40.1 Å². The molecule has 35 heavy (non-hydrogen) atoms. The molecule has 180 valence electrons. The van der Waals surface area contributed by atoms with Crippen molar-refractivity contribution in [2.75, 3.05) is 36.0 Å². The number of imide groups is 1. The molecule has 2 amide bonds. The quantitative estimate of drug-likeness (QED) is 0.342. The van der Waals surface area contributed by atoms with Crippen molar-refractivity contribution in [2.45, 2.75) is 31.6 Å². The minimum atomic E-state index is -0.535. The minimum absolute atomic E-state index is 0.134. The molecule has 5 heterocycles. The maximum atomic E-state index is 12.2. The van der Waals surface area contributed by atoms with Crippen LogP contribution < -0.4 is 15.1 Å². The van der Waals surface area contributed by atoms with Crippen molar-refractivity contribution < 1.29 is 18.9 Å². The molecule has 0 unspecified atom stereocenters. The number of carbonyl (C=O) groups is 2. The molecule has 1 aromatic carbocycles. The molecule has 1 atom stereocenters. The van der Waals surface area contributed by atoms with Crippen LogP contribution in [0.1, 0.15) is 37.5 Å². The van der Waals surface area contributed by atoms with Gasteiger partial charge in [0.1, 0.15) is 11.4 Å². The lowest BCUT2D eigenvalue weighted by atomic mass is 9.71. The first-order valence-electron chi connectivity index (χ1n) is 11.7. The highest BCUT2D eigenvalue weighted by molar-refractivity contribution is 6.00. The van der Waals surface area contributed by atoms with Gasteiger partial charge in [0.25, 0.3) is 0 Å². The molecule has 11 nitrogen and oxygen atoms in total.